The van der Waals surface area contributed by atoms with Crippen LogP contribution < -0.4 is 5.32 Å². The van der Waals surface area contributed by atoms with Crippen LogP contribution in [-0.2, 0) is 0 Å². The predicted octanol–water partition coefficient (Wildman–Crippen LogP) is 6.47. The van der Waals surface area contributed by atoms with E-state index in [0.717, 1.165) is 38.4 Å². The van der Waals surface area contributed by atoms with E-state index in [4.69, 9.17) is 9.97 Å². The largest absolute Gasteiger partial charge is 0.340 e. The zero-order valence-electron chi connectivity index (χ0n) is 15.8. The average Bonchev–Trinajstić information content (AvgIpc) is 3.21. The molecule has 4 nitrogen and oxygen atoms in total. The molecule has 1 N–H and O–H groups in total. The molecule has 0 aliphatic rings. The first-order chi connectivity index (χ1) is 14.3. The molecule has 0 bridgehead atoms. The number of aromatic nitrogens is 3. The van der Waals surface area contributed by atoms with Gasteiger partial charge >= 0.3 is 0 Å². The number of pyridine rings is 1. The highest BCUT2D eigenvalue weighted by Crippen LogP contribution is 2.39. The van der Waals surface area contributed by atoms with Gasteiger partial charge in [0.1, 0.15) is 10.6 Å². The molecule has 5 rings (SSSR count). The Morgan fingerprint density at radius 1 is 0.828 bits per heavy atom. The molecule has 29 heavy (non-hydrogen) atoms. The third kappa shape index (κ3) is 3.48. The maximum absolute atomic E-state index is 4.89. The number of thiophene rings is 1. The van der Waals surface area contributed by atoms with Crippen LogP contribution in [0.4, 0.5) is 11.5 Å². The Morgan fingerprint density at radius 2 is 1.62 bits per heavy atom. The molecular formula is C24H18N4S. The zero-order chi connectivity index (χ0) is 19.6. The molecule has 0 spiro atoms. The van der Waals surface area contributed by atoms with Gasteiger partial charge in [-0.2, -0.15) is 0 Å². The lowest BCUT2D eigenvalue weighted by Crippen LogP contribution is -1.99. The molecule has 0 aliphatic heterocycles. The van der Waals surface area contributed by atoms with Crippen molar-refractivity contribution in [1.82, 2.24) is 15.0 Å². The van der Waals surface area contributed by atoms with E-state index in [9.17, 15) is 0 Å². The van der Waals surface area contributed by atoms with Crippen molar-refractivity contribution in [2.75, 3.05) is 5.32 Å². The number of hydrogen-bond acceptors (Lipinski definition) is 5. The summed E-state index contributed by atoms with van der Waals surface area (Å²) in [6, 6.07) is 22.6. The maximum Gasteiger partial charge on any atom is 0.164 e. The van der Waals surface area contributed by atoms with Gasteiger partial charge in [-0.1, -0.05) is 48.0 Å². The second-order valence-electron chi connectivity index (χ2n) is 6.82. The molecule has 5 aromatic rings. The van der Waals surface area contributed by atoms with Crippen LogP contribution >= 0.6 is 11.3 Å². The van der Waals surface area contributed by atoms with Gasteiger partial charge in [-0.15, -0.1) is 11.3 Å². The minimum atomic E-state index is 0.668. The zero-order valence-corrected chi connectivity index (χ0v) is 16.6. The number of benzene rings is 2. The second kappa shape index (κ2) is 7.45. The van der Waals surface area contributed by atoms with Gasteiger partial charge in [0, 0.05) is 34.6 Å². The van der Waals surface area contributed by atoms with Gasteiger partial charge in [0.15, 0.2) is 5.82 Å². The smallest absolute Gasteiger partial charge is 0.164 e. The molecule has 3 aromatic heterocycles. The first-order valence-electron chi connectivity index (χ1n) is 9.37. The van der Waals surface area contributed by atoms with Gasteiger partial charge in [-0.05, 0) is 36.8 Å². The van der Waals surface area contributed by atoms with E-state index in [1.165, 1.54) is 5.56 Å². The monoisotopic (exact) mass is 394 g/mol. The highest BCUT2D eigenvalue weighted by Gasteiger charge is 2.16. The lowest BCUT2D eigenvalue weighted by Gasteiger charge is -2.11. The Labute approximate surface area is 172 Å². The Hall–Kier alpha value is -3.57. The van der Waals surface area contributed by atoms with Crippen LogP contribution in [0.2, 0.25) is 0 Å². The average molecular weight is 395 g/mol. The van der Waals surface area contributed by atoms with Crippen molar-refractivity contribution in [3.05, 3.63) is 90.1 Å². The van der Waals surface area contributed by atoms with E-state index in [0.29, 0.717) is 5.82 Å². The van der Waals surface area contributed by atoms with Crippen LogP contribution in [0.5, 0.6) is 0 Å². The van der Waals surface area contributed by atoms with Crippen LogP contribution in [0.15, 0.2) is 84.5 Å². The SMILES string of the molecule is Cc1ccc(Nc2nc(-c3cccnc3)nc3scc(-c4ccccc4)c23)cc1. The minimum Gasteiger partial charge on any atom is -0.340 e. The van der Waals surface area contributed by atoms with Crippen LogP contribution in [0.1, 0.15) is 5.56 Å². The van der Waals surface area contributed by atoms with Crippen molar-refractivity contribution in [1.29, 1.82) is 0 Å². The summed E-state index contributed by atoms with van der Waals surface area (Å²) in [5.41, 5.74) is 5.41. The molecule has 0 saturated carbocycles. The fourth-order valence-electron chi connectivity index (χ4n) is 3.26. The van der Waals surface area contributed by atoms with E-state index in [2.05, 4.69) is 71.1 Å². The maximum atomic E-state index is 4.89. The van der Waals surface area contributed by atoms with E-state index in [1.54, 1.807) is 23.7 Å². The normalized spacial score (nSPS) is 10.9. The topological polar surface area (TPSA) is 50.7 Å². The van der Waals surface area contributed by atoms with Gasteiger partial charge in [0.2, 0.25) is 0 Å². The molecule has 0 radical (unpaired) electrons. The Morgan fingerprint density at radius 3 is 2.38 bits per heavy atom. The molecule has 0 fully saturated rings. The van der Waals surface area contributed by atoms with Crippen LogP contribution in [0, 0.1) is 6.92 Å². The molecule has 0 atom stereocenters. The summed E-state index contributed by atoms with van der Waals surface area (Å²) < 4.78 is 0. The molecule has 0 amide bonds. The Kier molecular flexibility index (Phi) is 4.50. The lowest BCUT2D eigenvalue weighted by molar-refractivity contribution is 1.21. The number of nitrogens with zero attached hydrogens (tertiary/aromatic N) is 3. The summed E-state index contributed by atoms with van der Waals surface area (Å²) in [4.78, 5) is 14.9. The molecule has 3 heterocycles. The summed E-state index contributed by atoms with van der Waals surface area (Å²) in [6.07, 6.45) is 3.55. The molecule has 0 unspecified atom stereocenters. The van der Waals surface area contributed by atoms with Crippen molar-refractivity contribution in [2.24, 2.45) is 0 Å². The van der Waals surface area contributed by atoms with Crippen molar-refractivity contribution in [2.45, 2.75) is 6.92 Å². The van der Waals surface area contributed by atoms with Gasteiger partial charge in [0.05, 0.1) is 5.39 Å². The number of anilines is 2. The standard InChI is InChI=1S/C24H18N4S/c1-16-9-11-19(12-10-16)26-23-21-20(17-6-3-2-4-7-17)15-29-24(21)28-22(27-23)18-8-5-13-25-14-18/h2-15H,1H3,(H,26,27,28). The van der Waals surface area contributed by atoms with Crippen LogP contribution in [0.25, 0.3) is 32.7 Å². The summed E-state index contributed by atoms with van der Waals surface area (Å²) in [6.45, 7) is 2.08. The molecule has 0 saturated heterocycles. The highest BCUT2D eigenvalue weighted by atomic mass is 32.1. The van der Waals surface area contributed by atoms with Crippen molar-refractivity contribution in [3.63, 3.8) is 0 Å². The Bertz CT molecular complexity index is 1260. The van der Waals surface area contributed by atoms with E-state index in [1.807, 2.05) is 18.2 Å². The number of hydrogen-bond donors (Lipinski definition) is 1. The van der Waals surface area contributed by atoms with Crippen LogP contribution in [0.3, 0.4) is 0 Å². The van der Waals surface area contributed by atoms with Gasteiger partial charge < -0.3 is 5.32 Å². The summed E-state index contributed by atoms with van der Waals surface area (Å²) in [7, 11) is 0. The number of nitrogens with one attached hydrogen (secondary N) is 1. The molecule has 140 valence electrons. The molecule has 2 aromatic carbocycles. The van der Waals surface area contributed by atoms with Crippen LogP contribution in [-0.4, -0.2) is 15.0 Å². The highest BCUT2D eigenvalue weighted by molar-refractivity contribution is 7.17. The van der Waals surface area contributed by atoms with Gasteiger partial charge in [-0.25, -0.2) is 9.97 Å². The predicted molar refractivity (Wildman–Crippen MR) is 121 cm³/mol. The third-order valence-corrected chi connectivity index (χ3v) is 5.62. The first kappa shape index (κ1) is 17.5. The fraction of sp³-hybridized carbons (Fsp3) is 0.0417. The molecule has 0 aliphatic carbocycles. The summed E-state index contributed by atoms with van der Waals surface area (Å²) >= 11 is 1.63. The molecular weight excluding hydrogens is 376 g/mol. The van der Waals surface area contributed by atoms with Gasteiger partial charge in [0.25, 0.3) is 0 Å². The van der Waals surface area contributed by atoms with Gasteiger partial charge in [-0.3, -0.25) is 4.98 Å². The van der Waals surface area contributed by atoms with E-state index < -0.39 is 0 Å². The number of rotatable bonds is 4. The van der Waals surface area contributed by atoms with Crippen molar-refractivity contribution < 1.29 is 0 Å². The second-order valence-corrected chi connectivity index (χ2v) is 7.68. The van der Waals surface area contributed by atoms with E-state index in [-0.39, 0.29) is 0 Å². The minimum absolute atomic E-state index is 0.668. The summed E-state index contributed by atoms with van der Waals surface area (Å²) in [5, 5.41) is 6.71. The lowest BCUT2D eigenvalue weighted by atomic mass is 10.1. The van der Waals surface area contributed by atoms with Crippen molar-refractivity contribution in [3.8, 4) is 22.5 Å². The number of fused-ring (bicyclic) bond motifs is 1. The number of aryl methyl sites for hydroxylation is 1. The fourth-order valence-corrected chi connectivity index (χ4v) is 4.21. The van der Waals surface area contributed by atoms with E-state index >= 15 is 0 Å². The quantitative estimate of drug-likeness (QED) is 0.379. The summed E-state index contributed by atoms with van der Waals surface area (Å²) in [5.74, 6) is 1.47. The van der Waals surface area contributed by atoms with Crippen molar-refractivity contribution >= 4 is 33.1 Å². The third-order valence-electron chi connectivity index (χ3n) is 4.75. The Balaban J connectivity index is 1.71. The first-order valence-corrected chi connectivity index (χ1v) is 10.2. The molecule has 5 heteroatoms.